The monoisotopic (exact) mass is 498 g/mol. The third kappa shape index (κ3) is 5.91. The molecular formula is C26H21Cl3N2O2. The van der Waals surface area contributed by atoms with E-state index in [-0.39, 0.29) is 5.69 Å². The fraction of sp³-hybridized carbons (Fsp3) is 0.115. The zero-order chi connectivity index (χ0) is 23.4. The largest absolute Gasteiger partial charge is 0.477 e. The summed E-state index contributed by atoms with van der Waals surface area (Å²) in [4.78, 5) is 11.8. The summed E-state index contributed by atoms with van der Waals surface area (Å²) in [6.45, 7) is 0.960. The second-order valence-electron chi connectivity index (χ2n) is 7.72. The van der Waals surface area contributed by atoms with Crippen LogP contribution in [0.15, 0.2) is 79.0 Å². The molecule has 1 aromatic heterocycles. The smallest absolute Gasteiger partial charge is 0.352 e. The van der Waals surface area contributed by atoms with Gasteiger partial charge >= 0.3 is 5.97 Å². The molecule has 0 aliphatic rings. The highest BCUT2D eigenvalue weighted by molar-refractivity contribution is 6.36. The van der Waals surface area contributed by atoms with Crippen molar-refractivity contribution >= 4 is 46.5 Å². The number of carbonyl (C=O) groups is 1. The molecule has 0 amide bonds. The molecule has 0 bridgehead atoms. The highest BCUT2D eigenvalue weighted by atomic mass is 35.5. The van der Waals surface area contributed by atoms with E-state index in [9.17, 15) is 9.90 Å². The molecule has 4 aromatic rings. The van der Waals surface area contributed by atoms with Crippen LogP contribution in [-0.4, -0.2) is 15.6 Å². The molecule has 1 heterocycles. The maximum absolute atomic E-state index is 11.8. The SMILES string of the molecule is O=C(O)c1cc(Cc2ccc(NCc3c(Cl)cccc3Cl)cc2)cn1Cc1cccc(Cl)c1. The molecule has 2 N–H and O–H groups in total. The van der Waals surface area contributed by atoms with E-state index in [4.69, 9.17) is 34.8 Å². The average Bonchev–Trinajstić information content (AvgIpc) is 3.17. The van der Waals surface area contributed by atoms with Crippen molar-refractivity contribution in [1.82, 2.24) is 4.57 Å². The van der Waals surface area contributed by atoms with Crippen LogP contribution in [0.5, 0.6) is 0 Å². The Balaban J connectivity index is 1.45. The zero-order valence-corrected chi connectivity index (χ0v) is 19.8. The molecule has 0 radical (unpaired) electrons. The number of nitrogens with one attached hydrogen (secondary N) is 1. The van der Waals surface area contributed by atoms with Gasteiger partial charge in [0.15, 0.2) is 0 Å². The number of halogens is 3. The molecule has 0 aliphatic carbocycles. The Kier molecular flexibility index (Phi) is 7.29. The molecule has 7 heteroatoms. The van der Waals surface area contributed by atoms with Gasteiger partial charge in [-0.3, -0.25) is 0 Å². The number of rotatable bonds is 8. The quantitative estimate of drug-likeness (QED) is 0.265. The Hall–Kier alpha value is -2.92. The summed E-state index contributed by atoms with van der Waals surface area (Å²) in [5.74, 6) is -0.957. The standard InChI is InChI=1S/C26H21Cl3N2O2/c27-20-4-1-3-18(12-20)15-31-16-19(13-25(31)26(32)33)11-17-7-9-21(10-8-17)30-14-22-23(28)5-2-6-24(22)29/h1-10,12-13,16,30H,11,14-15H2,(H,32,33). The molecule has 4 nitrogen and oxygen atoms in total. The van der Waals surface area contributed by atoms with Crippen LogP contribution >= 0.6 is 34.8 Å². The van der Waals surface area contributed by atoms with E-state index < -0.39 is 5.97 Å². The summed E-state index contributed by atoms with van der Waals surface area (Å²) >= 11 is 18.5. The van der Waals surface area contributed by atoms with Gasteiger partial charge in [0.25, 0.3) is 0 Å². The first-order valence-corrected chi connectivity index (χ1v) is 11.4. The second-order valence-corrected chi connectivity index (χ2v) is 8.97. The van der Waals surface area contributed by atoms with Gasteiger partial charge in [0, 0.05) is 45.6 Å². The van der Waals surface area contributed by atoms with E-state index in [1.54, 1.807) is 16.7 Å². The maximum atomic E-state index is 11.8. The number of anilines is 1. The summed E-state index contributed by atoms with van der Waals surface area (Å²) in [5, 5.41) is 14.8. The predicted molar refractivity (Wildman–Crippen MR) is 135 cm³/mol. The van der Waals surface area contributed by atoms with Gasteiger partial charge in [-0.2, -0.15) is 0 Å². The number of carboxylic acid groups (broad SMARTS) is 1. The van der Waals surface area contributed by atoms with Gasteiger partial charge < -0.3 is 15.0 Å². The van der Waals surface area contributed by atoms with Gasteiger partial charge in [0.2, 0.25) is 0 Å². The normalized spacial score (nSPS) is 10.9. The Morgan fingerprint density at radius 2 is 1.55 bits per heavy atom. The van der Waals surface area contributed by atoms with E-state index in [2.05, 4.69) is 5.32 Å². The van der Waals surface area contributed by atoms with Crippen LogP contribution in [0.2, 0.25) is 15.1 Å². The lowest BCUT2D eigenvalue weighted by molar-refractivity contribution is 0.0685. The van der Waals surface area contributed by atoms with Crippen molar-refractivity contribution in [2.75, 3.05) is 5.32 Å². The van der Waals surface area contributed by atoms with E-state index in [0.717, 1.165) is 27.9 Å². The molecule has 4 rings (SSSR count). The van der Waals surface area contributed by atoms with Gasteiger partial charge in [0.1, 0.15) is 5.69 Å². The van der Waals surface area contributed by atoms with Gasteiger partial charge in [-0.25, -0.2) is 4.79 Å². The van der Waals surface area contributed by atoms with Gasteiger partial charge in [-0.1, -0.05) is 65.1 Å². The lowest BCUT2D eigenvalue weighted by atomic mass is 10.1. The van der Waals surface area contributed by atoms with Crippen LogP contribution in [-0.2, 0) is 19.5 Å². The minimum atomic E-state index is -0.957. The van der Waals surface area contributed by atoms with Crippen LogP contribution in [0.1, 0.15) is 32.7 Å². The van der Waals surface area contributed by atoms with E-state index in [0.29, 0.717) is 34.6 Å². The number of hydrogen-bond donors (Lipinski definition) is 2. The predicted octanol–water partition coefficient (Wildman–Crippen LogP) is 7.40. The van der Waals surface area contributed by atoms with Crippen LogP contribution in [0.4, 0.5) is 5.69 Å². The summed E-state index contributed by atoms with van der Waals surface area (Å²) in [6, 6.07) is 22.6. The number of benzene rings is 3. The van der Waals surface area contributed by atoms with Crippen LogP contribution in [0.3, 0.4) is 0 Å². The summed E-state index contributed by atoms with van der Waals surface area (Å²) < 4.78 is 1.74. The highest BCUT2D eigenvalue weighted by Crippen LogP contribution is 2.25. The summed E-state index contributed by atoms with van der Waals surface area (Å²) in [7, 11) is 0. The summed E-state index contributed by atoms with van der Waals surface area (Å²) in [5.41, 5.74) is 5.00. The van der Waals surface area contributed by atoms with Crippen molar-refractivity contribution in [3.05, 3.63) is 122 Å². The fourth-order valence-corrected chi connectivity index (χ4v) is 4.42. The van der Waals surface area contributed by atoms with Gasteiger partial charge in [-0.15, -0.1) is 0 Å². The first-order valence-electron chi connectivity index (χ1n) is 10.3. The number of carboxylic acids is 1. The maximum Gasteiger partial charge on any atom is 0.352 e. The van der Waals surface area contributed by atoms with Crippen molar-refractivity contribution in [3.63, 3.8) is 0 Å². The lowest BCUT2D eigenvalue weighted by Gasteiger charge is -2.10. The number of aromatic carboxylic acids is 1. The average molecular weight is 500 g/mol. The first-order chi connectivity index (χ1) is 15.9. The van der Waals surface area contributed by atoms with Crippen molar-refractivity contribution in [3.8, 4) is 0 Å². The topological polar surface area (TPSA) is 54.3 Å². The Labute approximate surface area is 207 Å². The van der Waals surface area contributed by atoms with Crippen LogP contribution in [0, 0.1) is 0 Å². The van der Waals surface area contributed by atoms with E-state index in [1.165, 1.54) is 0 Å². The third-order valence-corrected chi connectivity index (χ3v) is 6.25. The Morgan fingerprint density at radius 1 is 0.848 bits per heavy atom. The van der Waals surface area contributed by atoms with Crippen molar-refractivity contribution < 1.29 is 9.90 Å². The molecule has 0 aliphatic heterocycles. The number of hydrogen-bond acceptors (Lipinski definition) is 2. The zero-order valence-electron chi connectivity index (χ0n) is 17.6. The number of nitrogens with zero attached hydrogens (tertiary/aromatic N) is 1. The highest BCUT2D eigenvalue weighted by Gasteiger charge is 2.13. The summed E-state index contributed by atoms with van der Waals surface area (Å²) in [6.07, 6.45) is 2.51. The van der Waals surface area contributed by atoms with Crippen LogP contribution < -0.4 is 5.32 Å². The Morgan fingerprint density at radius 3 is 2.21 bits per heavy atom. The molecule has 3 aromatic carbocycles. The van der Waals surface area contributed by atoms with Crippen molar-refractivity contribution in [2.45, 2.75) is 19.5 Å². The molecule has 0 spiro atoms. The molecule has 0 saturated heterocycles. The van der Waals surface area contributed by atoms with E-state index in [1.807, 2.05) is 66.9 Å². The van der Waals surface area contributed by atoms with Crippen molar-refractivity contribution in [1.29, 1.82) is 0 Å². The molecule has 33 heavy (non-hydrogen) atoms. The first kappa shape index (κ1) is 23.2. The number of aromatic nitrogens is 1. The minimum Gasteiger partial charge on any atom is -0.477 e. The third-order valence-electron chi connectivity index (χ3n) is 5.31. The molecule has 0 saturated carbocycles. The lowest BCUT2D eigenvalue weighted by Crippen LogP contribution is -2.08. The van der Waals surface area contributed by atoms with Gasteiger partial charge in [0.05, 0.1) is 0 Å². The Bertz CT molecular complexity index is 1260. The molecule has 0 atom stereocenters. The molecule has 0 unspecified atom stereocenters. The van der Waals surface area contributed by atoms with Gasteiger partial charge in [-0.05, 0) is 65.6 Å². The van der Waals surface area contributed by atoms with E-state index >= 15 is 0 Å². The molecule has 0 fully saturated rings. The minimum absolute atomic E-state index is 0.250. The van der Waals surface area contributed by atoms with Crippen LogP contribution in [0.25, 0.3) is 0 Å². The second kappa shape index (κ2) is 10.3. The fourth-order valence-electron chi connectivity index (χ4n) is 3.68. The molecular weight excluding hydrogens is 479 g/mol. The van der Waals surface area contributed by atoms with Crippen molar-refractivity contribution in [2.24, 2.45) is 0 Å². The molecule has 168 valence electrons.